The number of benzene rings is 1. The van der Waals surface area contributed by atoms with Crippen LogP contribution in [0.1, 0.15) is 40.7 Å². The normalized spacial score (nSPS) is 17.5. The van der Waals surface area contributed by atoms with Gasteiger partial charge in [0.05, 0.1) is 11.6 Å². The number of hydrogen-bond donors (Lipinski definition) is 0. The largest absolute Gasteiger partial charge is 0.338 e. The summed E-state index contributed by atoms with van der Waals surface area (Å²) in [6.07, 6.45) is 1.13. The third kappa shape index (κ3) is 2.98. The monoisotopic (exact) mass is 325 g/mol. The van der Waals surface area contributed by atoms with Gasteiger partial charge in [0.25, 0.3) is 5.91 Å². The first kappa shape index (κ1) is 16.4. The van der Waals surface area contributed by atoms with Crippen LogP contribution >= 0.6 is 0 Å². The number of likely N-dealkylation sites (tertiary alicyclic amines) is 1. The molecule has 0 spiro atoms. The molecule has 126 valence electrons. The number of carbonyl (C=O) groups excluding carboxylic acids is 2. The molecule has 1 aliphatic rings. The van der Waals surface area contributed by atoms with Gasteiger partial charge in [0.2, 0.25) is 5.91 Å². The molecule has 2 heterocycles. The van der Waals surface area contributed by atoms with Crippen LogP contribution < -0.4 is 0 Å². The van der Waals surface area contributed by atoms with E-state index in [0.717, 1.165) is 28.9 Å². The highest BCUT2D eigenvalue weighted by atomic mass is 16.2. The fourth-order valence-corrected chi connectivity index (χ4v) is 3.47. The Hall–Kier alpha value is -2.43. The molecule has 1 aromatic heterocycles. The van der Waals surface area contributed by atoms with Crippen LogP contribution in [-0.2, 0) is 17.8 Å². The van der Waals surface area contributed by atoms with Gasteiger partial charge in [0, 0.05) is 25.2 Å². The second kappa shape index (κ2) is 6.59. The minimum atomic E-state index is -0.316. The average molecular weight is 325 g/mol. The van der Waals surface area contributed by atoms with E-state index in [4.69, 9.17) is 0 Å². The van der Waals surface area contributed by atoms with E-state index in [-0.39, 0.29) is 24.2 Å². The van der Waals surface area contributed by atoms with Crippen molar-refractivity contribution >= 4 is 11.8 Å². The predicted molar refractivity (Wildman–Crippen MR) is 91.7 cm³/mol. The molecule has 1 amide bonds. The minimum Gasteiger partial charge on any atom is -0.338 e. The van der Waals surface area contributed by atoms with Gasteiger partial charge in [-0.05, 0) is 31.4 Å². The van der Waals surface area contributed by atoms with E-state index < -0.39 is 0 Å². The lowest BCUT2D eigenvalue weighted by molar-refractivity contribution is -0.128. The van der Waals surface area contributed by atoms with Crippen LogP contribution in [-0.4, -0.2) is 33.0 Å². The maximum Gasteiger partial charge on any atom is 0.252 e. The molecule has 0 aliphatic carbocycles. The number of carbonyl (C=O) groups is 2. The van der Waals surface area contributed by atoms with Crippen LogP contribution in [0.25, 0.3) is 0 Å². The summed E-state index contributed by atoms with van der Waals surface area (Å²) in [5.41, 5.74) is 4.00. The van der Waals surface area contributed by atoms with Crippen LogP contribution in [0, 0.1) is 19.8 Å². The van der Waals surface area contributed by atoms with Crippen LogP contribution in [0.3, 0.4) is 0 Å². The van der Waals surface area contributed by atoms with E-state index >= 15 is 0 Å². The highest BCUT2D eigenvalue weighted by molar-refractivity contribution is 5.90. The van der Waals surface area contributed by atoms with E-state index in [9.17, 15) is 9.59 Å². The van der Waals surface area contributed by atoms with Crippen molar-refractivity contribution in [3.8, 4) is 0 Å². The summed E-state index contributed by atoms with van der Waals surface area (Å²) < 4.78 is 1.50. The Morgan fingerprint density at radius 2 is 1.96 bits per heavy atom. The summed E-state index contributed by atoms with van der Waals surface area (Å²) in [5, 5.41) is 4.40. The molecule has 1 atom stereocenters. The number of aromatic nitrogens is 2. The third-order valence-corrected chi connectivity index (χ3v) is 4.78. The molecule has 0 saturated carbocycles. The smallest absolute Gasteiger partial charge is 0.252 e. The Bertz CT molecular complexity index is 764. The topological polar surface area (TPSA) is 55.2 Å². The highest BCUT2D eigenvalue weighted by Gasteiger charge is 2.36. The van der Waals surface area contributed by atoms with Gasteiger partial charge in [-0.2, -0.15) is 5.10 Å². The SMILES string of the molecule is CCc1c(C)nn(C(=O)C2CC(=O)N(Cc3ccccc3)C2)c1C. The van der Waals surface area contributed by atoms with Crippen molar-refractivity contribution in [1.82, 2.24) is 14.7 Å². The maximum atomic E-state index is 12.8. The zero-order valence-electron chi connectivity index (χ0n) is 14.5. The van der Waals surface area contributed by atoms with Crippen molar-refractivity contribution in [1.29, 1.82) is 0 Å². The lowest BCUT2D eigenvalue weighted by Crippen LogP contribution is -2.28. The molecule has 2 aromatic rings. The van der Waals surface area contributed by atoms with E-state index in [2.05, 4.69) is 12.0 Å². The Labute approximate surface area is 142 Å². The molecule has 1 unspecified atom stereocenters. The van der Waals surface area contributed by atoms with E-state index in [1.807, 2.05) is 44.2 Å². The van der Waals surface area contributed by atoms with Gasteiger partial charge in [-0.3, -0.25) is 9.59 Å². The van der Waals surface area contributed by atoms with E-state index in [0.29, 0.717) is 13.1 Å². The van der Waals surface area contributed by atoms with Crippen LogP contribution in [0.4, 0.5) is 0 Å². The molecule has 1 fully saturated rings. The molecule has 1 aliphatic heterocycles. The average Bonchev–Trinajstić information content (AvgIpc) is 3.07. The van der Waals surface area contributed by atoms with Crippen molar-refractivity contribution in [2.24, 2.45) is 5.92 Å². The molecular formula is C19H23N3O2. The summed E-state index contributed by atoms with van der Waals surface area (Å²) in [7, 11) is 0. The van der Waals surface area contributed by atoms with Gasteiger partial charge in [0.15, 0.2) is 0 Å². The molecule has 1 saturated heterocycles. The molecular weight excluding hydrogens is 302 g/mol. The molecule has 1 aromatic carbocycles. The van der Waals surface area contributed by atoms with E-state index in [1.165, 1.54) is 4.68 Å². The Morgan fingerprint density at radius 3 is 2.58 bits per heavy atom. The number of hydrogen-bond acceptors (Lipinski definition) is 3. The summed E-state index contributed by atoms with van der Waals surface area (Å²) >= 11 is 0. The Kier molecular flexibility index (Phi) is 4.51. The Morgan fingerprint density at radius 1 is 1.25 bits per heavy atom. The number of nitrogens with zero attached hydrogens (tertiary/aromatic N) is 3. The fraction of sp³-hybridized carbons (Fsp3) is 0.421. The number of aryl methyl sites for hydroxylation is 1. The summed E-state index contributed by atoms with van der Waals surface area (Å²) in [5.74, 6) is -0.349. The van der Waals surface area contributed by atoms with Gasteiger partial charge < -0.3 is 4.90 Å². The fourth-order valence-electron chi connectivity index (χ4n) is 3.47. The molecule has 0 radical (unpaired) electrons. The van der Waals surface area contributed by atoms with Gasteiger partial charge in [-0.1, -0.05) is 37.3 Å². The third-order valence-electron chi connectivity index (χ3n) is 4.78. The second-order valence-electron chi connectivity index (χ2n) is 6.41. The van der Waals surface area contributed by atoms with Crippen molar-refractivity contribution < 1.29 is 9.59 Å². The maximum absolute atomic E-state index is 12.8. The zero-order valence-corrected chi connectivity index (χ0v) is 14.5. The molecule has 5 heteroatoms. The number of rotatable bonds is 4. The molecule has 3 rings (SSSR count). The first-order valence-electron chi connectivity index (χ1n) is 8.42. The van der Waals surface area contributed by atoms with E-state index in [1.54, 1.807) is 4.90 Å². The van der Waals surface area contributed by atoms with Crippen LogP contribution in [0.15, 0.2) is 30.3 Å². The minimum absolute atomic E-state index is 0.0365. The van der Waals surface area contributed by atoms with Crippen molar-refractivity contribution in [2.75, 3.05) is 6.54 Å². The van der Waals surface area contributed by atoms with Crippen molar-refractivity contribution in [2.45, 2.75) is 40.2 Å². The highest BCUT2D eigenvalue weighted by Crippen LogP contribution is 2.23. The lowest BCUT2D eigenvalue weighted by Gasteiger charge is -2.16. The van der Waals surface area contributed by atoms with Crippen molar-refractivity contribution in [3.05, 3.63) is 52.8 Å². The summed E-state index contributed by atoms with van der Waals surface area (Å²) in [4.78, 5) is 26.9. The standard InChI is InChI=1S/C19H23N3O2/c1-4-17-13(2)20-22(14(17)3)19(24)16-10-18(23)21(12-16)11-15-8-6-5-7-9-15/h5-9,16H,4,10-12H2,1-3H3. The van der Waals surface area contributed by atoms with Crippen LogP contribution in [0.5, 0.6) is 0 Å². The molecule has 5 nitrogen and oxygen atoms in total. The molecule has 0 bridgehead atoms. The lowest BCUT2D eigenvalue weighted by atomic mass is 10.1. The summed E-state index contributed by atoms with van der Waals surface area (Å²) in [6, 6.07) is 9.87. The number of amides is 1. The second-order valence-corrected chi connectivity index (χ2v) is 6.41. The zero-order chi connectivity index (χ0) is 17.3. The quantitative estimate of drug-likeness (QED) is 0.868. The molecule has 0 N–H and O–H groups in total. The van der Waals surface area contributed by atoms with Gasteiger partial charge in [-0.25, -0.2) is 4.68 Å². The molecule has 24 heavy (non-hydrogen) atoms. The Balaban J connectivity index is 1.75. The predicted octanol–water partition coefficient (Wildman–Crippen LogP) is 2.75. The first-order valence-corrected chi connectivity index (χ1v) is 8.42. The van der Waals surface area contributed by atoms with Crippen LogP contribution in [0.2, 0.25) is 0 Å². The first-order chi connectivity index (χ1) is 11.5. The van der Waals surface area contributed by atoms with Gasteiger partial charge in [-0.15, -0.1) is 0 Å². The summed E-state index contributed by atoms with van der Waals surface area (Å²) in [6.45, 7) is 6.94. The van der Waals surface area contributed by atoms with Crippen molar-refractivity contribution in [3.63, 3.8) is 0 Å². The van der Waals surface area contributed by atoms with Gasteiger partial charge in [0.1, 0.15) is 0 Å². The van der Waals surface area contributed by atoms with Gasteiger partial charge >= 0.3 is 0 Å².